The second-order valence-electron chi connectivity index (χ2n) is 3.34. The Hall–Kier alpha value is -1.49. The van der Waals surface area contributed by atoms with Crippen LogP contribution < -0.4 is 4.74 Å². The van der Waals surface area contributed by atoms with Crippen LogP contribution in [0.4, 0.5) is 0 Å². The molecule has 1 heterocycles. The lowest BCUT2D eigenvalue weighted by Crippen LogP contribution is -2.22. The minimum absolute atomic E-state index is 0.456. The molecule has 0 saturated carbocycles. The molecule has 1 aromatic heterocycles. The van der Waals surface area contributed by atoms with Crippen LogP contribution in [0.2, 0.25) is 0 Å². The van der Waals surface area contributed by atoms with E-state index in [1.165, 1.54) is 6.92 Å². The number of hydrogen-bond acceptors (Lipinski definition) is 3. The van der Waals surface area contributed by atoms with Gasteiger partial charge in [-0.2, -0.15) is 0 Å². The summed E-state index contributed by atoms with van der Waals surface area (Å²) in [5.74, 6) is -0.552. The maximum Gasteiger partial charge on any atom is 0.344 e. The SMILES string of the molecule is C[C@H](Oc1cc2occc2cc1Br)C(=O)O. The van der Waals surface area contributed by atoms with Crippen LogP contribution in [0.5, 0.6) is 5.75 Å². The van der Waals surface area contributed by atoms with Gasteiger partial charge in [-0.05, 0) is 35.0 Å². The van der Waals surface area contributed by atoms with Gasteiger partial charge < -0.3 is 14.3 Å². The Morgan fingerprint density at radius 2 is 2.31 bits per heavy atom. The third kappa shape index (κ3) is 2.04. The van der Waals surface area contributed by atoms with Crippen molar-refractivity contribution in [3.05, 3.63) is 28.9 Å². The Kier molecular flexibility index (Phi) is 2.87. The molecule has 84 valence electrons. The molecule has 5 heteroatoms. The van der Waals surface area contributed by atoms with E-state index in [-0.39, 0.29) is 0 Å². The highest BCUT2D eigenvalue weighted by Crippen LogP contribution is 2.31. The lowest BCUT2D eigenvalue weighted by Gasteiger charge is -2.11. The molecule has 1 aromatic carbocycles. The van der Waals surface area contributed by atoms with Gasteiger partial charge in [-0.15, -0.1) is 0 Å². The largest absolute Gasteiger partial charge is 0.479 e. The van der Waals surface area contributed by atoms with Crippen molar-refractivity contribution in [2.24, 2.45) is 0 Å². The molecule has 0 fully saturated rings. The summed E-state index contributed by atoms with van der Waals surface area (Å²) in [6.07, 6.45) is 0.672. The van der Waals surface area contributed by atoms with E-state index >= 15 is 0 Å². The number of carboxylic acids is 1. The van der Waals surface area contributed by atoms with Gasteiger partial charge in [-0.25, -0.2) is 4.79 Å². The fraction of sp³-hybridized carbons (Fsp3) is 0.182. The van der Waals surface area contributed by atoms with Gasteiger partial charge in [0.2, 0.25) is 0 Å². The van der Waals surface area contributed by atoms with Crippen LogP contribution in [0.15, 0.2) is 33.4 Å². The number of halogens is 1. The van der Waals surface area contributed by atoms with Gasteiger partial charge >= 0.3 is 5.97 Å². The molecular weight excluding hydrogens is 276 g/mol. The third-order valence-corrected chi connectivity index (χ3v) is 2.78. The van der Waals surface area contributed by atoms with Gasteiger partial charge in [0.05, 0.1) is 10.7 Å². The maximum absolute atomic E-state index is 10.7. The van der Waals surface area contributed by atoms with E-state index in [2.05, 4.69) is 15.9 Å². The Morgan fingerprint density at radius 3 is 3.00 bits per heavy atom. The van der Waals surface area contributed by atoms with Crippen molar-refractivity contribution in [2.75, 3.05) is 0 Å². The zero-order chi connectivity index (χ0) is 11.7. The highest BCUT2D eigenvalue weighted by molar-refractivity contribution is 9.10. The van der Waals surface area contributed by atoms with Crippen molar-refractivity contribution >= 4 is 32.9 Å². The molecule has 2 aromatic rings. The Balaban J connectivity index is 2.36. The van der Waals surface area contributed by atoms with E-state index in [0.717, 1.165) is 5.39 Å². The van der Waals surface area contributed by atoms with Crippen molar-refractivity contribution in [1.82, 2.24) is 0 Å². The highest BCUT2D eigenvalue weighted by atomic mass is 79.9. The zero-order valence-electron chi connectivity index (χ0n) is 8.44. The predicted octanol–water partition coefficient (Wildman–Crippen LogP) is 3.05. The van der Waals surface area contributed by atoms with Crippen molar-refractivity contribution in [2.45, 2.75) is 13.0 Å². The summed E-state index contributed by atoms with van der Waals surface area (Å²) in [7, 11) is 0. The Labute approximate surface area is 99.9 Å². The van der Waals surface area contributed by atoms with Crippen molar-refractivity contribution in [3.8, 4) is 5.75 Å². The molecule has 0 spiro atoms. The topological polar surface area (TPSA) is 59.7 Å². The van der Waals surface area contributed by atoms with Crippen LogP contribution in [0, 0.1) is 0 Å². The van der Waals surface area contributed by atoms with Gasteiger partial charge in [0.1, 0.15) is 11.3 Å². The molecule has 0 radical (unpaired) electrons. The van der Waals surface area contributed by atoms with E-state index in [1.807, 2.05) is 12.1 Å². The first-order valence-corrected chi connectivity index (χ1v) is 5.43. The lowest BCUT2D eigenvalue weighted by atomic mass is 10.2. The third-order valence-electron chi connectivity index (χ3n) is 2.16. The van der Waals surface area contributed by atoms with E-state index in [0.29, 0.717) is 15.8 Å². The number of fused-ring (bicyclic) bond motifs is 1. The average Bonchev–Trinajstić information content (AvgIpc) is 2.65. The summed E-state index contributed by atoms with van der Waals surface area (Å²) in [6.45, 7) is 1.47. The fourth-order valence-electron chi connectivity index (χ4n) is 1.29. The molecule has 1 N–H and O–H groups in total. The summed E-state index contributed by atoms with van der Waals surface area (Å²) in [6, 6.07) is 5.31. The van der Waals surface area contributed by atoms with Gasteiger partial charge in [-0.3, -0.25) is 0 Å². The van der Waals surface area contributed by atoms with E-state index in [1.54, 1.807) is 12.3 Å². The van der Waals surface area contributed by atoms with Gasteiger partial charge in [0, 0.05) is 11.5 Å². The molecule has 4 nitrogen and oxygen atoms in total. The number of carboxylic acid groups (broad SMARTS) is 1. The number of hydrogen-bond donors (Lipinski definition) is 1. The number of furan rings is 1. The second kappa shape index (κ2) is 4.17. The normalized spacial score (nSPS) is 12.6. The number of aliphatic carboxylic acids is 1. The molecular formula is C11H9BrO4. The molecule has 0 saturated heterocycles. The zero-order valence-corrected chi connectivity index (χ0v) is 10.0. The molecule has 0 bridgehead atoms. The van der Waals surface area contributed by atoms with Crippen molar-refractivity contribution in [3.63, 3.8) is 0 Å². The number of ether oxygens (including phenoxy) is 1. The molecule has 0 unspecified atom stereocenters. The Morgan fingerprint density at radius 1 is 1.56 bits per heavy atom. The minimum Gasteiger partial charge on any atom is -0.479 e. The summed E-state index contributed by atoms with van der Waals surface area (Å²) in [4.78, 5) is 10.7. The number of rotatable bonds is 3. The van der Waals surface area contributed by atoms with Gasteiger partial charge in [0.25, 0.3) is 0 Å². The predicted molar refractivity (Wildman–Crippen MR) is 61.6 cm³/mol. The first-order valence-electron chi connectivity index (χ1n) is 4.64. The summed E-state index contributed by atoms with van der Waals surface area (Å²) >= 11 is 3.32. The Bertz CT molecular complexity index is 532. The molecule has 16 heavy (non-hydrogen) atoms. The number of benzene rings is 1. The lowest BCUT2D eigenvalue weighted by molar-refractivity contribution is -0.144. The fourth-order valence-corrected chi connectivity index (χ4v) is 1.75. The standard InChI is InChI=1S/C11H9BrO4/c1-6(11(13)14)16-10-5-9-7(2-3-15-9)4-8(10)12/h2-6H,1H3,(H,13,14)/t6-/m0/s1. The van der Waals surface area contributed by atoms with Crippen LogP contribution in [0.1, 0.15) is 6.92 Å². The average molecular weight is 285 g/mol. The summed E-state index contributed by atoms with van der Waals surface area (Å²) in [5.41, 5.74) is 0.663. The van der Waals surface area contributed by atoms with Gasteiger partial charge in [0.15, 0.2) is 6.10 Å². The monoisotopic (exact) mass is 284 g/mol. The van der Waals surface area contributed by atoms with Crippen molar-refractivity contribution in [1.29, 1.82) is 0 Å². The van der Waals surface area contributed by atoms with Crippen molar-refractivity contribution < 1.29 is 19.1 Å². The summed E-state index contributed by atoms with van der Waals surface area (Å²) < 4.78 is 11.2. The summed E-state index contributed by atoms with van der Waals surface area (Å²) in [5, 5.41) is 9.68. The quantitative estimate of drug-likeness (QED) is 0.941. The molecule has 2 rings (SSSR count). The van der Waals surface area contributed by atoms with Crippen LogP contribution in [0.3, 0.4) is 0 Å². The first kappa shape index (κ1) is 11.0. The smallest absolute Gasteiger partial charge is 0.344 e. The van der Waals surface area contributed by atoms with Crippen LogP contribution in [0.25, 0.3) is 11.0 Å². The second-order valence-corrected chi connectivity index (χ2v) is 4.19. The molecule has 0 aliphatic heterocycles. The molecule has 0 aliphatic rings. The van der Waals surface area contributed by atoms with E-state index in [4.69, 9.17) is 14.3 Å². The minimum atomic E-state index is -1.01. The maximum atomic E-state index is 10.7. The molecule has 1 atom stereocenters. The number of carbonyl (C=O) groups is 1. The van der Waals surface area contributed by atoms with E-state index in [9.17, 15) is 4.79 Å². The van der Waals surface area contributed by atoms with Crippen LogP contribution in [-0.4, -0.2) is 17.2 Å². The van der Waals surface area contributed by atoms with Crippen LogP contribution in [-0.2, 0) is 4.79 Å². The van der Waals surface area contributed by atoms with Crippen LogP contribution >= 0.6 is 15.9 Å². The molecule has 0 aliphatic carbocycles. The van der Waals surface area contributed by atoms with E-state index < -0.39 is 12.1 Å². The highest BCUT2D eigenvalue weighted by Gasteiger charge is 2.15. The van der Waals surface area contributed by atoms with Gasteiger partial charge in [-0.1, -0.05) is 0 Å². The molecule has 0 amide bonds. The first-order chi connectivity index (χ1) is 7.58.